The van der Waals surface area contributed by atoms with Gasteiger partial charge in [-0.1, -0.05) is 6.92 Å². The standard InChI is InChI=1S/C10H22O4/c1-3-10(7-12,8-13-2)9-14-6-4-5-11/h11-12H,3-9H2,1-2H3. The van der Waals surface area contributed by atoms with Gasteiger partial charge in [0.15, 0.2) is 0 Å². The number of aliphatic hydroxyl groups is 2. The molecular weight excluding hydrogens is 184 g/mol. The van der Waals surface area contributed by atoms with Crippen molar-refractivity contribution < 1.29 is 19.7 Å². The molecule has 4 heteroatoms. The SMILES string of the molecule is CCC(CO)(COC)COCCCO. The molecule has 4 nitrogen and oxygen atoms in total. The zero-order chi connectivity index (χ0) is 10.9. The van der Waals surface area contributed by atoms with Crippen LogP contribution in [-0.4, -0.2) is 50.4 Å². The quantitative estimate of drug-likeness (QED) is 0.537. The molecule has 0 amide bonds. The number of ether oxygens (including phenoxy) is 2. The minimum absolute atomic E-state index is 0.0659. The summed E-state index contributed by atoms with van der Waals surface area (Å²) in [7, 11) is 1.62. The Morgan fingerprint density at radius 2 is 1.93 bits per heavy atom. The van der Waals surface area contributed by atoms with Gasteiger partial charge in [0.1, 0.15) is 0 Å². The van der Waals surface area contributed by atoms with Crippen LogP contribution in [0.1, 0.15) is 19.8 Å². The molecule has 0 aliphatic heterocycles. The summed E-state index contributed by atoms with van der Waals surface area (Å²) in [5.41, 5.74) is -0.287. The van der Waals surface area contributed by atoms with Crippen molar-refractivity contribution in [3.05, 3.63) is 0 Å². The van der Waals surface area contributed by atoms with Gasteiger partial charge in [-0.25, -0.2) is 0 Å². The summed E-state index contributed by atoms with van der Waals surface area (Å²) in [6.07, 6.45) is 1.45. The van der Waals surface area contributed by atoms with Crippen LogP contribution in [0.5, 0.6) is 0 Å². The van der Waals surface area contributed by atoms with Crippen LogP contribution >= 0.6 is 0 Å². The van der Waals surface area contributed by atoms with E-state index in [1.807, 2.05) is 6.92 Å². The van der Waals surface area contributed by atoms with Crippen molar-refractivity contribution in [2.24, 2.45) is 5.41 Å². The van der Waals surface area contributed by atoms with E-state index in [9.17, 15) is 5.11 Å². The molecule has 0 aromatic rings. The molecule has 0 saturated heterocycles. The van der Waals surface area contributed by atoms with Crippen molar-refractivity contribution in [1.82, 2.24) is 0 Å². The van der Waals surface area contributed by atoms with E-state index in [2.05, 4.69) is 0 Å². The third-order valence-corrected chi connectivity index (χ3v) is 2.39. The van der Waals surface area contributed by atoms with Crippen LogP contribution in [-0.2, 0) is 9.47 Å². The summed E-state index contributed by atoms with van der Waals surface area (Å²) in [5.74, 6) is 0. The van der Waals surface area contributed by atoms with Gasteiger partial charge in [-0.2, -0.15) is 0 Å². The monoisotopic (exact) mass is 206 g/mol. The molecule has 0 radical (unpaired) electrons. The van der Waals surface area contributed by atoms with Gasteiger partial charge in [0, 0.05) is 25.7 Å². The maximum Gasteiger partial charge on any atom is 0.0566 e. The fraction of sp³-hybridized carbons (Fsp3) is 1.00. The molecule has 14 heavy (non-hydrogen) atoms. The van der Waals surface area contributed by atoms with Gasteiger partial charge in [-0.05, 0) is 12.8 Å². The molecule has 86 valence electrons. The number of rotatable bonds is 9. The minimum Gasteiger partial charge on any atom is -0.396 e. The smallest absolute Gasteiger partial charge is 0.0566 e. The van der Waals surface area contributed by atoms with Gasteiger partial charge in [-0.3, -0.25) is 0 Å². The van der Waals surface area contributed by atoms with E-state index in [1.165, 1.54) is 0 Å². The van der Waals surface area contributed by atoms with Crippen molar-refractivity contribution in [2.75, 3.05) is 40.1 Å². The van der Waals surface area contributed by atoms with E-state index in [0.29, 0.717) is 26.2 Å². The number of hydrogen-bond acceptors (Lipinski definition) is 4. The van der Waals surface area contributed by atoms with Gasteiger partial charge in [0.05, 0.1) is 19.8 Å². The lowest BCUT2D eigenvalue weighted by molar-refractivity contribution is -0.0434. The second kappa shape index (κ2) is 8.17. The molecule has 0 heterocycles. The predicted molar refractivity (Wildman–Crippen MR) is 54.2 cm³/mol. The van der Waals surface area contributed by atoms with Crippen molar-refractivity contribution >= 4 is 0 Å². The Morgan fingerprint density at radius 3 is 2.36 bits per heavy atom. The summed E-state index contributed by atoms with van der Waals surface area (Å²) < 4.78 is 10.4. The van der Waals surface area contributed by atoms with E-state index >= 15 is 0 Å². The van der Waals surface area contributed by atoms with Crippen LogP contribution in [0.2, 0.25) is 0 Å². The van der Waals surface area contributed by atoms with Gasteiger partial charge < -0.3 is 19.7 Å². The van der Waals surface area contributed by atoms with E-state index in [-0.39, 0.29) is 18.6 Å². The fourth-order valence-electron chi connectivity index (χ4n) is 1.21. The molecule has 0 aliphatic carbocycles. The van der Waals surface area contributed by atoms with Crippen molar-refractivity contribution in [2.45, 2.75) is 19.8 Å². The average Bonchev–Trinajstić information content (AvgIpc) is 2.23. The highest BCUT2D eigenvalue weighted by molar-refractivity contribution is 4.76. The van der Waals surface area contributed by atoms with Crippen molar-refractivity contribution in [3.63, 3.8) is 0 Å². The van der Waals surface area contributed by atoms with Crippen LogP contribution in [0.3, 0.4) is 0 Å². The highest BCUT2D eigenvalue weighted by Crippen LogP contribution is 2.21. The summed E-state index contributed by atoms with van der Waals surface area (Å²) in [5, 5.41) is 17.8. The molecule has 0 rings (SSSR count). The lowest BCUT2D eigenvalue weighted by atomic mass is 9.88. The van der Waals surface area contributed by atoms with E-state index < -0.39 is 0 Å². The highest BCUT2D eigenvalue weighted by atomic mass is 16.5. The Balaban J connectivity index is 3.82. The molecule has 0 fully saturated rings. The van der Waals surface area contributed by atoms with Crippen LogP contribution in [0.15, 0.2) is 0 Å². The Hall–Kier alpha value is -0.160. The molecule has 1 unspecified atom stereocenters. The largest absolute Gasteiger partial charge is 0.396 e. The van der Waals surface area contributed by atoms with E-state index in [0.717, 1.165) is 6.42 Å². The van der Waals surface area contributed by atoms with Gasteiger partial charge >= 0.3 is 0 Å². The molecule has 1 atom stereocenters. The topological polar surface area (TPSA) is 58.9 Å². The van der Waals surface area contributed by atoms with Crippen LogP contribution in [0, 0.1) is 5.41 Å². The van der Waals surface area contributed by atoms with Gasteiger partial charge in [0.25, 0.3) is 0 Å². The Labute approximate surface area is 85.8 Å². The van der Waals surface area contributed by atoms with Crippen LogP contribution in [0.25, 0.3) is 0 Å². The lowest BCUT2D eigenvalue weighted by Crippen LogP contribution is -2.35. The first-order valence-corrected chi connectivity index (χ1v) is 5.03. The first-order chi connectivity index (χ1) is 6.74. The molecule has 0 spiro atoms. The molecule has 0 aromatic heterocycles. The van der Waals surface area contributed by atoms with Gasteiger partial charge in [0.2, 0.25) is 0 Å². The molecule has 2 N–H and O–H groups in total. The second-order valence-corrected chi connectivity index (χ2v) is 3.57. The zero-order valence-corrected chi connectivity index (χ0v) is 9.16. The summed E-state index contributed by atoms with van der Waals surface area (Å²) in [4.78, 5) is 0. The predicted octanol–water partition coefficient (Wildman–Crippen LogP) is 0.421. The number of methoxy groups -OCH3 is 1. The maximum absolute atomic E-state index is 9.25. The fourth-order valence-corrected chi connectivity index (χ4v) is 1.21. The van der Waals surface area contributed by atoms with Gasteiger partial charge in [-0.15, -0.1) is 0 Å². The molecule has 0 bridgehead atoms. The molecule has 0 aliphatic rings. The third-order valence-electron chi connectivity index (χ3n) is 2.39. The molecule has 0 saturated carbocycles. The number of aliphatic hydroxyl groups excluding tert-OH is 2. The highest BCUT2D eigenvalue weighted by Gasteiger charge is 2.27. The van der Waals surface area contributed by atoms with Crippen molar-refractivity contribution in [3.8, 4) is 0 Å². The summed E-state index contributed by atoms with van der Waals surface area (Å²) in [6, 6.07) is 0. The first kappa shape index (κ1) is 13.8. The summed E-state index contributed by atoms with van der Waals surface area (Å²) in [6.45, 7) is 3.72. The van der Waals surface area contributed by atoms with E-state index in [1.54, 1.807) is 7.11 Å². The van der Waals surface area contributed by atoms with Crippen molar-refractivity contribution in [1.29, 1.82) is 0 Å². The van der Waals surface area contributed by atoms with E-state index in [4.69, 9.17) is 14.6 Å². The lowest BCUT2D eigenvalue weighted by Gasteiger charge is -2.29. The summed E-state index contributed by atoms with van der Waals surface area (Å²) >= 11 is 0. The average molecular weight is 206 g/mol. The Morgan fingerprint density at radius 1 is 1.21 bits per heavy atom. The second-order valence-electron chi connectivity index (χ2n) is 3.57. The minimum atomic E-state index is -0.287. The maximum atomic E-state index is 9.25. The Bertz CT molecular complexity index is 123. The molecular formula is C10H22O4. The third kappa shape index (κ3) is 4.91. The van der Waals surface area contributed by atoms with Crippen LogP contribution in [0.4, 0.5) is 0 Å². The number of hydrogen-bond donors (Lipinski definition) is 2. The normalized spacial score (nSPS) is 15.4. The zero-order valence-electron chi connectivity index (χ0n) is 9.16. The Kier molecular flexibility index (Phi) is 8.08. The first-order valence-electron chi connectivity index (χ1n) is 5.03. The molecule has 0 aromatic carbocycles. The van der Waals surface area contributed by atoms with Crippen LogP contribution < -0.4 is 0 Å².